The standard InChI is InChI=1S/C48H67N3O2/c1-11-50(12-2)37-27-23-35(24-28-37)45(36-25-29-38(30-26-36)51(13-3)14-4)41-31-32-42(40-20-16-15-19-39(40)41)49-43-21-17-18-22-44(43)53-46(52)48(10,34(5)6)33-47(7,8)9/h15-16,19-20,23-32,34,43-45,49H,11-14,17-18,21-22,33H2,1-10H3. The number of fused-ring (bicyclic) bond motifs is 1. The van der Waals surface area contributed by atoms with Gasteiger partial charge in [0.15, 0.2) is 0 Å². The number of hydrogen-bond acceptors (Lipinski definition) is 5. The highest BCUT2D eigenvalue weighted by atomic mass is 16.5. The van der Waals surface area contributed by atoms with E-state index in [0.717, 1.165) is 64.0 Å². The van der Waals surface area contributed by atoms with E-state index in [1.807, 2.05) is 0 Å². The average Bonchev–Trinajstić information content (AvgIpc) is 3.14. The molecule has 5 rings (SSSR count). The lowest BCUT2D eigenvalue weighted by molar-refractivity contribution is -0.167. The lowest BCUT2D eigenvalue weighted by Crippen LogP contribution is -2.45. The Morgan fingerprint density at radius 1 is 0.717 bits per heavy atom. The van der Waals surface area contributed by atoms with Gasteiger partial charge in [-0.1, -0.05) is 95.6 Å². The van der Waals surface area contributed by atoms with Crippen molar-refractivity contribution in [1.82, 2.24) is 0 Å². The van der Waals surface area contributed by atoms with E-state index in [2.05, 4.69) is 169 Å². The van der Waals surface area contributed by atoms with Crippen LogP contribution < -0.4 is 15.1 Å². The van der Waals surface area contributed by atoms with Crippen LogP contribution in [0.5, 0.6) is 0 Å². The summed E-state index contributed by atoms with van der Waals surface area (Å²) in [6.45, 7) is 25.9. The average molecular weight is 718 g/mol. The van der Waals surface area contributed by atoms with Gasteiger partial charge in [-0.3, -0.25) is 4.79 Å². The van der Waals surface area contributed by atoms with Crippen LogP contribution in [0.3, 0.4) is 0 Å². The second-order valence-electron chi connectivity index (χ2n) is 17.0. The molecule has 1 saturated carbocycles. The van der Waals surface area contributed by atoms with Crippen LogP contribution in [0, 0.1) is 16.7 Å². The monoisotopic (exact) mass is 718 g/mol. The number of benzene rings is 4. The van der Waals surface area contributed by atoms with Crippen LogP contribution in [-0.4, -0.2) is 44.3 Å². The van der Waals surface area contributed by atoms with Gasteiger partial charge in [0.05, 0.1) is 11.5 Å². The lowest BCUT2D eigenvalue weighted by atomic mass is 9.68. The Morgan fingerprint density at radius 2 is 1.23 bits per heavy atom. The molecular formula is C48H67N3O2. The van der Waals surface area contributed by atoms with Crippen LogP contribution in [0.15, 0.2) is 84.9 Å². The molecule has 4 aromatic carbocycles. The van der Waals surface area contributed by atoms with Crippen LogP contribution in [0.1, 0.15) is 124 Å². The SMILES string of the molecule is CCN(CC)c1ccc(C(c2ccc(N(CC)CC)cc2)c2ccc(NC3CCCCC3OC(=O)C(C)(CC(C)(C)C)C(C)C)c3ccccc23)cc1. The number of carbonyl (C=O) groups excluding carboxylic acids is 1. The molecule has 3 atom stereocenters. The van der Waals surface area contributed by atoms with Crippen molar-refractivity contribution >= 4 is 33.8 Å². The van der Waals surface area contributed by atoms with Gasteiger partial charge in [0.25, 0.3) is 0 Å². The van der Waals surface area contributed by atoms with Crippen molar-refractivity contribution in [3.05, 3.63) is 102 Å². The van der Waals surface area contributed by atoms with Gasteiger partial charge in [0, 0.05) is 54.5 Å². The number of carbonyl (C=O) groups is 1. The van der Waals surface area contributed by atoms with E-state index in [1.54, 1.807) is 0 Å². The van der Waals surface area contributed by atoms with Gasteiger partial charge in [-0.05, 0) is 124 Å². The second kappa shape index (κ2) is 17.4. The van der Waals surface area contributed by atoms with Crippen molar-refractivity contribution in [1.29, 1.82) is 0 Å². The van der Waals surface area contributed by atoms with Crippen molar-refractivity contribution in [2.75, 3.05) is 41.3 Å². The maximum Gasteiger partial charge on any atom is 0.312 e. The molecule has 0 spiro atoms. The minimum Gasteiger partial charge on any atom is -0.460 e. The van der Waals surface area contributed by atoms with Gasteiger partial charge in [-0.15, -0.1) is 0 Å². The summed E-state index contributed by atoms with van der Waals surface area (Å²) in [4.78, 5) is 18.8. The smallest absolute Gasteiger partial charge is 0.312 e. The quantitative estimate of drug-likeness (QED) is 0.0980. The molecule has 0 radical (unpaired) electrons. The van der Waals surface area contributed by atoms with Gasteiger partial charge in [0.2, 0.25) is 0 Å². The van der Waals surface area contributed by atoms with Crippen LogP contribution in [0.4, 0.5) is 17.1 Å². The fourth-order valence-electron chi connectivity index (χ4n) is 8.67. The van der Waals surface area contributed by atoms with Crippen molar-refractivity contribution in [3.8, 4) is 0 Å². The lowest BCUT2D eigenvalue weighted by Gasteiger charge is -2.40. The molecule has 1 N–H and O–H groups in total. The third kappa shape index (κ3) is 9.22. The Hall–Kier alpha value is -3.99. The molecule has 286 valence electrons. The van der Waals surface area contributed by atoms with E-state index >= 15 is 0 Å². The Kier molecular flexibility index (Phi) is 13.2. The number of anilines is 3. The van der Waals surface area contributed by atoms with E-state index < -0.39 is 5.41 Å². The van der Waals surface area contributed by atoms with Crippen LogP contribution >= 0.6 is 0 Å². The molecule has 53 heavy (non-hydrogen) atoms. The van der Waals surface area contributed by atoms with E-state index in [-0.39, 0.29) is 35.4 Å². The molecule has 3 unspecified atom stereocenters. The Bertz CT molecular complexity index is 1710. The summed E-state index contributed by atoms with van der Waals surface area (Å²) in [5.41, 5.74) is 6.97. The summed E-state index contributed by atoms with van der Waals surface area (Å²) in [5, 5.41) is 6.37. The maximum absolute atomic E-state index is 14.0. The molecule has 0 aliphatic heterocycles. The van der Waals surface area contributed by atoms with Gasteiger partial charge < -0.3 is 19.9 Å². The van der Waals surface area contributed by atoms with Crippen molar-refractivity contribution in [2.45, 2.75) is 119 Å². The highest BCUT2D eigenvalue weighted by Crippen LogP contribution is 2.43. The Balaban J connectivity index is 1.52. The zero-order chi connectivity index (χ0) is 38.3. The molecule has 5 nitrogen and oxygen atoms in total. The summed E-state index contributed by atoms with van der Waals surface area (Å²) in [5.74, 6) is 0.198. The summed E-state index contributed by atoms with van der Waals surface area (Å²) < 4.78 is 6.52. The zero-order valence-electron chi connectivity index (χ0n) is 34.5. The first-order valence-electron chi connectivity index (χ1n) is 20.5. The molecule has 0 bridgehead atoms. The number of esters is 1. The highest BCUT2D eigenvalue weighted by Gasteiger charge is 2.43. The molecule has 0 heterocycles. The largest absolute Gasteiger partial charge is 0.460 e. The molecular weight excluding hydrogens is 651 g/mol. The number of nitrogens with one attached hydrogen (secondary N) is 1. The van der Waals surface area contributed by atoms with E-state index in [1.165, 1.54) is 38.8 Å². The van der Waals surface area contributed by atoms with Crippen LogP contribution in [0.25, 0.3) is 10.8 Å². The summed E-state index contributed by atoms with van der Waals surface area (Å²) >= 11 is 0. The van der Waals surface area contributed by atoms with Gasteiger partial charge in [-0.2, -0.15) is 0 Å². The number of hydrogen-bond donors (Lipinski definition) is 1. The number of nitrogens with zero attached hydrogens (tertiary/aromatic N) is 2. The summed E-state index contributed by atoms with van der Waals surface area (Å²) in [7, 11) is 0. The molecule has 0 aromatic heterocycles. The first-order chi connectivity index (χ1) is 25.3. The Morgan fingerprint density at radius 3 is 1.72 bits per heavy atom. The molecule has 0 amide bonds. The molecule has 1 aliphatic carbocycles. The second-order valence-corrected chi connectivity index (χ2v) is 17.0. The van der Waals surface area contributed by atoms with Crippen LogP contribution in [0.2, 0.25) is 0 Å². The topological polar surface area (TPSA) is 44.8 Å². The minimum atomic E-state index is -0.531. The summed E-state index contributed by atoms with van der Waals surface area (Å²) in [6, 6.07) is 31.9. The predicted octanol–water partition coefficient (Wildman–Crippen LogP) is 12.1. The van der Waals surface area contributed by atoms with Crippen LogP contribution in [-0.2, 0) is 9.53 Å². The van der Waals surface area contributed by atoms with Gasteiger partial charge in [0.1, 0.15) is 6.10 Å². The normalized spacial score (nSPS) is 17.5. The first kappa shape index (κ1) is 40.2. The highest BCUT2D eigenvalue weighted by molar-refractivity contribution is 5.97. The third-order valence-corrected chi connectivity index (χ3v) is 11.9. The molecule has 4 aromatic rings. The van der Waals surface area contributed by atoms with Crippen molar-refractivity contribution in [3.63, 3.8) is 0 Å². The maximum atomic E-state index is 14.0. The number of ether oxygens (including phenoxy) is 1. The Labute approximate surface area is 321 Å². The zero-order valence-corrected chi connectivity index (χ0v) is 34.5. The molecule has 0 saturated heterocycles. The van der Waals surface area contributed by atoms with E-state index in [9.17, 15) is 4.79 Å². The molecule has 5 heteroatoms. The number of rotatable bonds is 15. The third-order valence-electron chi connectivity index (χ3n) is 11.9. The molecule has 1 fully saturated rings. The fourth-order valence-corrected chi connectivity index (χ4v) is 8.67. The van der Waals surface area contributed by atoms with Crippen molar-refractivity contribution < 1.29 is 9.53 Å². The van der Waals surface area contributed by atoms with Crippen molar-refractivity contribution in [2.24, 2.45) is 16.7 Å². The summed E-state index contributed by atoms with van der Waals surface area (Å²) in [6.07, 6.45) is 4.71. The minimum absolute atomic E-state index is 0.0293. The molecule has 1 aliphatic rings. The van der Waals surface area contributed by atoms with E-state index in [0.29, 0.717) is 0 Å². The van der Waals surface area contributed by atoms with Gasteiger partial charge >= 0.3 is 5.97 Å². The predicted molar refractivity (Wildman–Crippen MR) is 228 cm³/mol. The first-order valence-corrected chi connectivity index (χ1v) is 20.5. The van der Waals surface area contributed by atoms with Gasteiger partial charge in [-0.25, -0.2) is 0 Å². The van der Waals surface area contributed by atoms with E-state index in [4.69, 9.17) is 4.74 Å². The fraction of sp³-hybridized carbons (Fsp3) is 0.521.